The molecule has 1 amide bonds. The van der Waals surface area contributed by atoms with E-state index in [0.29, 0.717) is 24.5 Å². The largest absolute Gasteiger partial charge is 0.494 e. The number of nitrogens with zero attached hydrogens (tertiary/aromatic N) is 3. The second-order valence-corrected chi connectivity index (χ2v) is 9.99. The minimum atomic E-state index is -0.0828. The standard InChI is InChI=1S/C30H39N3O3/c1-5-6-7-8-15-36-29-19-28-27(17-22(29)2)30(34)33-21-24(18-25(33)20-31-28)23-10-12-26(13-11-23)35-16-9-14-32(3)4/h10-13,17,19-21,25H,5-9,14-16,18H2,1-4H3/t25-/m0/s1. The van der Waals surface area contributed by atoms with Crippen molar-refractivity contribution in [1.82, 2.24) is 9.80 Å². The predicted octanol–water partition coefficient (Wildman–Crippen LogP) is 6.26. The van der Waals surface area contributed by atoms with Gasteiger partial charge in [-0.2, -0.15) is 0 Å². The highest BCUT2D eigenvalue weighted by Gasteiger charge is 2.33. The monoisotopic (exact) mass is 489 g/mol. The molecular weight excluding hydrogens is 450 g/mol. The first-order chi connectivity index (χ1) is 17.5. The van der Waals surface area contributed by atoms with Gasteiger partial charge in [0.1, 0.15) is 11.5 Å². The number of rotatable bonds is 12. The lowest BCUT2D eigenvalue weighted by atomic mass is 10.0. The van der Waals surface area contributed by atoms with Crippen LogP contribution in [0.1, 0.15) is 66.9 Å². The first-order valence-corrected chi connectivity index (χ1v) is 13.2. The minimum absolute atomic E-state index is 0.0130. The minimum Gasteiger partial charge on any atom is -0.494 e. The Kier molecular flexibility index (Phi) is 8.81. The quantitative estimate of drug-likeness (QED) is 0.330. The van der Waals surface area contributed by atoms with Gasteiger partial charge in [0.05, 0.1) is 30.5 Å². The maximum atomic E-state index is 13.5. The Bertz CT molecular complexity index is 1110. The molecule has 2 aliphatic heterocycles. The van der Waals surface area contributed by atoms with Gasteiger partial charge < -0.3 is 19.3 Å². The highest BCUT2D eigenvalue weighted by atomic mass is 16.5. The Morgan fingerprint density at radius 2 is 1.81 bits per heavy atom. The van der Waals surface area contributed by atoms with E-state index < -0.39 is 0 Å². The van der Waals surface area contributed by atoms with Gasteiger partial charge in [-0.05, 0) is 68.8 Å². The molecule has 0 fully saturated rings. The van der Waals surface area contributed by atoms with Crippen LogP contribution in [-0.2, 0) is 0 Å². The fraction of sp³-hybridized carbons (Fsp3) is 0.467. The van der Waals surface area contributed by atoms with Crippen LogP contribution in [-0.4, -0.2) is 61.8 Å². The van der Waals surface area contributed by atoms with Crippen LogP contribution in [0.4, 0.5) is 5.69 Å². The number of benzene rings is 2. The fourth-order valence-electron chi connectivity index (χ4n) is 4.63. The van der Waals surface area contributed by atoms with Gasteiger partial charge in [-0.15, -0.1) is 0 Å². The second kappa shape index (κ2) is 12.2. The van der Waals surface area contributed by atoms with Crippen LogP contribution in [0, 0.1) is 6.92 Å². The molecule has 192 valence electrons. The maximum absolute atomic E-state index is 13.5. The molecule has 2 heterocycles. The van der Waals surface area contributed by atoms with Crippen LogP contribution < -0.4 is 9.47 Å². The molecule has 6 nitrogen and oxygen atoms in total. The number of aliphatic imine (C=N–C) groups is 1. The SMILES string of the molecule is CCCCCCOc1cc2c(cc1C)C(=O)N1C=C(c3ccc(OCCCN(C)C)cc3)C[C@H]1C=N2. The summed E-state index contributed by atoms with van der Waals surface area (Å²) in [6.07, 6.45) is 10.3. The van der Waals surface area contributed by atoms with Gasteiger partial charge in [0, 0.05) is 31.4 Å². The maximum Gasteiger partial charge on any atom is 0.260 e. The molecule has 1 atom stereocenters. The molecule has 0 aromatic heterocycles. The third-order valence-electron chi connectivity index (χ3n) is 6.72. The smallest absolute Gasteiger partial charge is 0.260 e. The Hall–Kier alpha value is -3.12. The average Bonchev–Trinajstić information content (AvgIpc) is 3.25. The summed E-state index contributed by atoms with van der Waals surface area (Å²) in [4.78, 5) is 22.2. The van der Waals surface area contributed by atoms with Gasteiger partial charge in [-0.3, -0.25) is 9.79 Å². The number of fused-ring (bicyclic) bond motifs is 2. The Morgan fingerprint density at radius 3 is 2.56 bits per heavy atom. The van der Waals surface area contributed by atoms with Gasteiger partial charge in [0.15, 0.2) is 0 Å². The van der Waals surface area contributed by atoms with E-state index in [2.05, 4.69) is 38.1 Å². The molecule has 6 heteroatoms. The summed E-state index contributed by atoms with van der Waals surface area (Å²) < 4.78 is 11.9. The summed E-state index contributed by atoms with van der Waals surface area (Å²) in [5.74, 6) is 1.68. The fourth-order valence-corrected chi connectivity index (χ4v) is 4.63. The third kappa shape index (κ3) is 6.35. The first kappa shape index (κ1) is 26.0. The number of hydrogen-bond acceptors (Lipinski definition) is 5. The number of hydrogen-bond donors (Lipinski definition) is 0. The number of aryl methyl sites for hydroxylation is 1. The van der Waals surface area contributed by atoms with Gasteiger partial charge >= 0.3 is 0 Å². The van der Waals surface area contributed by atoms with Crippen molar-refractivity contribution < 1.29 is 14.3 Å². The Balaban J connectivity index is 1.42. The van der Waals surface area contributed by atoms with Crippen molar-refractivity contribution in [2.24, 2.45) is 4.99 Å². The molecule has 0 radical (unpaired) electrons. The third-order valence-corrected chi connectivity index (χ3v) is 6.72. The average molecular weight is 490 g/mol. The zero-order valence-electron chi connectivity index (χ0n) is 22.1. The zero-order valence-corrected chi connectivity index (χ0v) is 22.1. The van der Waals surface area contributed by atoms with E-state index in [1.54, 1.807) is 0 Å². The molecule has 0 N–H and O–H groups in total. The van der Waals surface area contributed by atoms with E-state index in [4.69, 9.17) is 14.5 Å². The summed E-state index contributed by atoms with van der Waals surface area (Å²) in [6, 6.07) is 11.9. The predicted molar refractivity (Wildman–Crippen MR) is 147 cm³/mol. The van der Waals surface area contributed by atoms with Crippen LogP contribution in [0.3, 0.4) is 0 Å². The van der Waals surface area contributed by atoms with Crippen molar-refractivity contribution >= 4 is 23.4 Å². The van der Waals surface area contributed by atoms with Crippen molar-refractivity contribution in [3.8, 4) is 11.5 Å². The summed E-state index contributed by atoms with van der Waals surface area (Å²) in [6.45, 7) is 6.60. The Labute approximate surface area is 215 Å². The highest BCUT2D eigenvalue weighted by molar-refractivity contribution is 6.05. The van der Waals surface area contributed by atoms with E-state index >= 15 is 0 Å². The van der Waals surface area contributed by atoms with Crippen LogP contribution in [0.5, 0.6) is 11.5 Å². The molecule has 0 saturated heterocycles. The second-order valence-electron chi connectivity index (χ2n) is 9.99. The molecule has 0 aliphatic carbocycles. The number of amides is 1. The van der Waals surface area contributed by atoms with E-state index in [-0.39, 0.29) is 11.9 Å². The number of carbonyl (C=O) groups excluding carboxylic acids is 1. The summed E-state index contributed by atoms with van der Waals surface area (Å²) in [5, 5.41) is 0. The number of ether oxygens (including phenoxy) is 2. The van der Waals surface area contributed by atoms with Gasteiger partial charge in [-0.25, -0.2) is 0 Å². The lowest BCUT2D eigenvalue weighted by Crippen LogP contribution is -2.32. The van der Waals surface area contributed by atoms with Crippen LogP contribution in [0.25, 0.3) is 5.57 Å². The first-order valence-electron chi connectivity index (χ1n) is 13.2. The molecule has 2 aromatic carbocycles. The van der Waals surface area contributed by atoms with E-state index in [1.807, 2.05) is 48.5 Å². The lowest BCUT2D eigenvalue weighted by molar-refractivity contribution is 0.0817. The highest BCUT2D eigenvalue weighted by Crippen LogP contribution is 2.37. The number of unbranched alkanes of at least 4 members (excludes halogenated alkanes) is 3. The van der Waals surface area contributed by atoms with Crippen molar-refractivity contribution in [1.29, 1.82) is 0 Å². The normalized spacial score (nSPS) is 16.6. The van der Waals surface area contributed by atoms with E-state index in [9.17, 15) is 4.79 Å². The van der Waals surface area contributed by atoms with Crippen LogP contribution >= 0.6 is 0 Å². The van der Waals surface area contributed by atoms with E-state index in [0.717, 1.165) is 54.0 Å². The topological polar surface area (TPSA) is 54.4 Å². The molecule has 2 aliphatic rings. The summed E-state index contributed by atoms with van der Waals surface area (Å²) in [7, 11) is 4.13. The van der Waals surface area contributed by atoms with Crippen LogP contribution in [0.2, 0.25) is 0 Å². The number of carbonyl (C=O) groups is 1. The molecule has 36 heavy (non-hydrogen) atoms. The van der Waals surface area contributed by atoms with Gasteiger partial charge in [0.25, 0.3) is 5.91 Å². The van der Waals surface area contributed by atoms with Crippen molar-refractivity contribution in [2.75, 3.05) is 33.9 Å². The molecule has 2 aromatic rings. The zero-order chi connectivity index (χ0) is 25.5. The van der Waals surface area contributed by atoms with Crippen molar-refractivity contribution in [2.45, 2.75) is 58.4 Å². The molecule has 0 spiro atoms. The van der Waals surface area contributed by atoms with Crippen molar-refractivity contribution in [3.05, 3.63) is 59.3 Å². The van der Waals surface area contributed by atoms with E-state index in [1.165, 1.54) is 19.3 Å². The molecule has 0 bridgehead atoms. The molecule has 0 saturated carbocycles. The van der Waals surface area contributed by atoms with Gasteiger partial charge in [-0.1, -0.05) is 38.3 Å². The van der Waals surface area contributed by atoms with Crippen LogP contribution in [0.15, 0.2) is 47.6 Å². The van der Waals surface area contributed by atoms with Crippen molar-refractivity contribution in [3.63, 3.8) is 0 Å². The van der Waals surface area contributed by atoms with Gasteiger partial charge in [0.2, 0.25) is 0 Å². The Morgan fingerprint density at radius 1 is 1.03 bits per heavy atom. The molecular formula is C30H39N3O3. The molecule has 4 rings (SSSR count). The molecule has 0 unspecified atom stereocenters. The summed E-state index contributed by atoms with van der Waals surface area (Å²) >= 11 is 0. The lowest BCUT2D eigenvalue weighted by Gasteiger charge is -2.19. The summed E-state index contributed by atoms with van der Waals surface area (Å²) in [5.41, 5.74) is 4.52.